The molecule has 2 nitrogen and oxygen atoms in total. The van der Waals surface area contributed by atoms with Crippen LogP contribution in [0.1, 0.15) is 30.5 Å². The standard InChI is InChI=1S/C14H20F4N2/c1-4-19-13(7-8-20(2)3)10-5-6-11(12(15)9-10)14(16,17)18/h5-6,9,13,19H,4,7-8H2,1-3H3. The minimum absolute atomic E-state index is 0.154. The van der Waals surface area contributed by atoms with E-state index in [2.05, 4.69) is 5.32 Å². The van der Waals surface area contributed by atoms with E-state index in [1.807, 2.05) is 25.9 Å². The van der Waals surface area contributed by atoms with Gasteiger partial charge in [0.1, 0.15) is 5.82 Å². The zero-order valence-electron chi connectivity index (χ0n) is 11.9. The molecule has 0 aromatic heterocycles. The second-order valence-corrected chi connectivity index (χ2v) is 4.94. The van der Waals surface area contributed by atoms with E-state index in [4.69, 9.17) is 0 Å². The molecular weight excluding hydrogens is 272 g/mol. The third kappa shape index (κ3) is 4.76. The second-order valence-electron chi connectivity index (χ2n) is 4.94. The first-order valence-corrected chi connectivity index (χ1v) is 6.50. The van der Waals surface area contributed by atoms with Gasteiger partial charge in [0.2, 0.25) is 0 Å². The molecule has 0 spiro atoms. The topological polar surface area (TPSA) is 15.3 Å². The van der Waals surface area contributed by atoms with E-state index in [-0.39, 0.29) is 6.04 Å². The normalized spacial score (nSPS) is 13.8. The largest absolute Gasteiger partial charge is 0.419 e. The van der Waals surface area contributed by atoms with E-state index in [0.717, 1.165) is 18.7 Å². The van der Waals surface area contributed by atoms with E-state index in [0.29, 0.717) is 18.5 Å². The van der Waals surface area contributed by atoms with Gasteiger partial charge in [-0.3, -0.25) is 0 Å². The first kappa shape index (κ1) is 16.9. The Morgan fingerprint density at radius 2 is 1.90 bits per heavy atom. The number of rotatable bonds is 6. The molecule has 0 aliphatic carbocycles. The summed E-state index contributed by atoms with van der Waals surface area (Å²) in [6, 6.07) is 2.98. The Balaban J connectivity index is 2.95. The van der Waals surface area contributed by atoms with Crippen LogP contribution in [-0.2, 0) is 6.18 Å². The maximum absolute atomic E-state index is 13.6. The average molecular weight is 292 g/mol. The Labute approximate surface area is 116 Å². The molecule has 1 rings (SSSR count). The van der Waals surface area contributed by atoms with Crippen LogP contribution in [0.5, 0.6) is 0 Å². The van der Waals surface area contributed by atoms with Gasteiger partial charge in [0.25, 0.3) is 0 Å². The molecule has 20 heavy (non-hydrogen) atoms. The smallest absolute Gasteiger partial charge is 0.310 e. The first-order valence-electron chi connectivity index (χ1n) is 6.50. The molecule has 0 fully saturated rings. The van der Waals surface area contributed by atoms with Crippen molar-refractivity contribution in [3.05, 3.63) is 35.1 Å². The van der Waals surface area contributed by atoms with Crippen molar-refractivity contribution in [1.29, 1.82) is 0 Å². The second kappa shape index (κ2) is 7.04. The highest BCUT2D eigenvalue weighted by Crippen LogP contribution is 2.32. The van der Waals surface area contributed by atoms with Gasteiger partial charge < -0.3 is 10.2 Å². The Kier molecular flexibility index (Phi) is 5.95. The number of nitrogens with zero attached hydrogens (tertiary/aromatic N) is 1. The molecule has 0 aliphatic rings. The number of benzene rings is 1. The van der Waals surface area contributed by atoms with Gasteiger partial charge in [-0.25, -0.2) is 4.39 Å². The first-order chi connectivity index (χ1) is 9.25. The fourth-order valence-electron chi connectivity index (χ4n) is 2.00. The van der Waals surface area contributed by atoms with Crippen LogP contribution in [-0.4, -0.2) is 32.1 Å². The quantitative estimate of drug-likeness (QED) is 0.808. The van der Waals surface area contributed by atoms with Crippen LogP contribution in [0.4, 0.5) is 17.6 Å². The Hall–Kier alpha value is -1.14. The number of nitrogens with one attached hydrogen (secondary N) is 1. The highest BCUT2D eigenvalue weighted by Gasteiger charge is 2.34. The number of hydrogen-bond donors (Lipinski definition) is 1. The van der Waals surface area contributed by atoms with E-state index in [1.54, 1.807) is 0 Å². The lowest BCUT2D eigenvalue weighted by Gasteiger charge is -2.21. The van der Waals surface area contributed by atoms with Crippen LogP contribution in [0.15, 0.2) is 18.2 Å². The molecule has 0 bridgehead atoms. The highest BCUT2D eigenvalue weighted by molar-refractivity contribution is 5.28. The van der Waals surface area contributed by atoms with Crippen LogP contribution >= 0.6 is 0 Å². The lowest BCUT2D eigenvalue weighted by molar-refractivity contribution is -0.140. The molecule has 1 unspecified atom stereocenters. The van der Waals surface area contributed by atoms with Crippen molar-refractivity contribution in [2.45, 2.75) is 25.6 Å². The van der Waals surface area contributed by atoms with Gasteiger partial charge in [-0.05, 0) is 51.3 Å². The molecule has 1 atom stereocenters. The molecule has 114 valence electrons. The predicted molar refractivity (Wildman–Crippen MR) is 71.0 cm³/mol. The summed E-state index contributed by atoms with van der Waals surface area (Å²) in [7, 11) is 3.83. The van der Waals surface area contributed by atoms with Gasteiger partial charge in [0.05, 0.1) is 5.56 Å². The van der Waals surface area contributed by atoms with Gasteiger partial charge in [-0.1, -0.05) is 13.0 Å². The molecule has 0 aliphatic heterocycles. The molecule has 0 heterocycles. The summed E-state index contributed by atoms with van der Waals surface area (Å²) >= 11 is 0. The summed E-state index contributed by atoms with van der Waals surface area (Å²) in [4.78, 5) is 1.98. The van der Waals surface area contributed by atoms with Gasteiger partial charge in [0.15, 0.2) is 0 Å². The Bertz CT molecular complexity index is 430. The molecule has 0 radical (unpaired) electrons. The Morgan fingerprint density at radius 3 is 2.35 bits per heavy atom. The molecule has 0 amide bonds. The summed E-state index contributed by atoms with van der Waals surface area (Å²) in [6.45, 7) is 3.34. The van der Waals surface area contributed by atoms with Crippen molar-refractivity contribution in [1.82, 2.24) is 10.2 Å². The van der Waals surface area contributed by atoms with Crippen LogP contribution in [0.2, 0.25) is 0 Å². The van der Waals surface area contributed by atoms with Crippen LogP contribution in [0.3, 0.4) is 0 Å². The molecule has 1 aromatic rings. The molecular formula is C14H20F4N2. The number of hydrogen-bond acceptors (Lipinski definition) is 2. The summed E-state index contributed by atoms with van der Waals surface area (Å²) in [5, 5.41) is 3.17. The molecule has 1 N–H and O–H groups in total. The van der Waals surface area contributed by atoms with Gasteiger partial charge in [-0.15, -0.1) is 0 Å². The zero-order chi connectivity index (χ0) is 15.3. The zero-order valence-corrected chi connectivity index (χ0v) is 11.9. The maximum Gasteiger partial charge on any atom is 0.419 e. The highest BCUT2D eigenvalue weighted by atomic mass is 19.4. The minimum atomic E-state index is -4.65. The van der Waals surface area contributed by atoms with Crippen molar-refractivity contribution in [3.63, 3.8) is 0 Å². The van der Waals surface area contributed by atoms with Gasteiger partial charge >= 0.3 is 6.18 Å². The van der Waals surface area contributed by atoms with Crippen molar-refractivity contribution in [2.75, 3.05) is 27.2 Å². The van der Waals surface area contributed by atoms with Crippen molar-refractivity contribution in [3.8, 4) is 0 Å². The van der Waals surface area contributed by atoms with E-state index in [1.165, 1.54) is 6.07 Å². The predicted octanol–water partition coefficient (Wildman–Crippen LogP) is 3.45. The molecule has 1 aromatic carbocycles. The van der Waals surface area contributed by atoms with Gasteiger partial charge in [0, 0.05) is 6.04 Å². The van der Waals surface area contributed by atoms with Gasteiger partial charge in [-0.2, -0.15) is 13.2 Å². The number of halogens is 4. The summed E-state index contributed by atoms with van der Waals surface area (Å²) < 4.78 is 51.2. The fraction of sp³-hybridized carbons (Fsp3) is 0.571. The van der Waals surface area contributed by atoms with Crippen LogP contribution in [0.25, 0.3) is 0 Å². The molecule has 6 heteroatoms. The third-order valence-corrected chi connectivity index (χ3v) is 3.02. The van der Waals surface area contributed by atoms with E-state index >= 15 is 0 Å². The van der Waals surface area contributed by atoms with Crippen molar-refractivity contribution < 1.29 is 17.6 Å². The van der Waals surface area contributed by atoms with Crippen molar-refractivity contribution in [2.24, 2.45) is 0 Å². The fourth-order valence-corrected chi connectivity index (χ4v) is 2.00. The van der Waals surface area contributed by atoms with E-state index < -0.39 is 17.6 Å². The summed E-state index contributed by atoms with van der Waals surface area (Å²) in [5.41, 5.74) is -0.677. The maximum atomic E-state index is 13.6. The lowest BCUT2D eigenvalue weighted by Crippen LogP contribution is -2.25. The summed E-state index contributed by atoms with van der Waals surface area (Å²) in [6.07, 6.45) is -3.95. The Morgan fingerprint density at radius 1 is 1.25 bits per heavy atom. The number of alkyl halides is 3. The monoisotopic (exact) mass is 292 g/mol. The third-order valence-electron chi connectivity index (χ3n) is 3.02. The minimum Gasteiger partial charge on any atom is -0.310 e. The van der Waals surface area contributed by atoms with Crippen LogP contribution in [0, 0.1) is 5.82 Å². The SMILES string of the molecule is CCNC(CCN(C)C)c1ccc(C(F)(F)F)c(F)c1. The van der Waals surface area contributed by atoms with E-state index in [9.17, 15) is 17.6 Å². The van der Waals surface area contributed by atoms with Crippen molar-refractivity contribution >= 4 is 0 Å². The molecule has 0 saturated carbocycles. The van der Waals surface area contributed by atoms with Crippen LogP contribution < -0.4 is 5.32 Å². The summed E-state index contributed by atoms with van der Waals surface area (Å²) in [5.74, 6) is -1.22. The molecule has 0 saturated heterocycles. The average Bonchev–Trinajstić information content (AvgIpc) is 2.32. The lowest BCUT2D eigenvalue weighted by atomic mass is 10.0.